The van der Waals surface area contributed by atoms with Gasteiger partial charge in [-0.05, 0) is 37.6 Å². The van der Waals surface area contributed by atoms with E-state index in [1.54, 1.807) is 18.2 Å². The Bertz CT molecular complexity index is 968. The van der Waals surface area contributed by atoms with E-state index in [1.165, 1.54) is 6.92 Å². The van der Waals surface area contributed by atoms with Gasteiger partial charge in [-0.1, -0.05) is 66.2 Å². The fourth-order valence-electron chi connectivity index (χ4n) is 2.75. The number of carbonyl (C=O) groups is 2. The second-order valence-electron chi connectivity index (χ2n) is 6.64. The number of hydrogen-bond donors (Lipinski definition) is 1. The molecule has 0 aliphatic heterocycles. The van der Waals surface area contributed by atoms with Crippen LogP contribution in [0.15, 0.2) is 78.9 Å². The van der Waals surface area contributed by atoms with E-state index in [1.807, 2.05) is 67.6 Å². The van der Waals surface area contributed by atoms with Crippen LogP contribution in [0.5, 0.6) is 5.75 Å². The third-order valence-electron chi connectivity index (χ3n) is 4.31. The molecular weight excluding hydrogens is 366 g/mol. The van der Waals surface area contributed by atoms with E-state index in [2.05, 4.69) is 5.32 Å². The lowest BCUT2D eigenvalue weighted by Crippen LogP contribution is -2.31. The molecule has 0 heterocycles. The van der Waals surface area contributed by atoms with Crippen molar-refractivity contribution in [3.8, 4) is 16.9 Å². The molecule has 3 aromatic carbocycles. The molecule has 0 unspecified atom stereocenters. The first kappa shape index (κ1) is 20.1. The topological polar surface area (TPSA) is 64.6 Å². The Morgan fingerprint density at radius 3 is 2.28 bits per heavy atom. The van der Waals surface area contributed by atoms with Crippen molar-refractivity contribution in [3.05, 3.63) is 84.4 Å². The maximum atomic E-state index is 12.2. The van der Waals surface area contributed by atoms with Crippen molar-refractivity contribution < 1.29 is 19.1 Å². The molecular formula is C24H23NO4. The van der Waals surface area contributed by atoms with Crippen LogP contribution in [0.2, 0.25) is 0 Å². The summed E-state index contributed by atoms with van der Waals surface area (Å²) in [5.41, 5.74) is 3.61. The summed E-state index contributed by atoms with van der Waals surface area (Å²) < 4.78 is 10.9. The van der Waals surface area contributed by atoms with E-state index in [0.29, 0.717) is 11.4 Å². The van der Waals surface area contributed by atoms with Crippen LogP contribution in [0, 0.1) is 6.92 Å². The molecule has 5 heteroatoms. The fourth-order valence-corrected chi connectivity index (χ4v) is 2.75. The van der Waals surface area contributed by atoms with Gasteiger partial charge in [0.2, 0.25) is 0 Å². The third-order valence-corrected chi connectivity index (χ3v) is 4.31. The number of esters is 1. The molecule has 0 spiro atoms. The molecule has 3 rings (SSSR count). The Hall–Kier alpha value is -3.60. The Morgan fingerprint density at radius 1 is 0.897 bits per heavy atom. The molecule has 0 saturated heterocycles. The molecule has 0 aliphatic rings. The van der Waals surface area contributed by atoms with Crippen molar-refractivity contribution >= 4 is 17.6 Å². The van der Waals surface area contributed by atoms with Gasteiger partial charge in [0.1, 0.15) is 5.75 Å². The number of ether oxygens (including phenoxy) is 2. The van der Waals surface area contributed by atoms with Crippen LogP contribution in [0.1, 0.15) is 12.5 Å². The zero-order valence-corrected chi connectivity index (χ0v) is 16.4. The molecule has 0 aromatic heterocycles. The summed E-state index contributed by atoms with van der Waals surface area (Å²) in [7, 11) is 0. The van der Waals surface area contributed by atoms with Crippen LogP contribution in [0.3, 0.4) is 0 Å². The van der Waals surface area contributed by atoms with Gasteiger partial charge in [0, 0.05) is 11.3 Å². The van der Waals surface area contributed by atoms with Gasteiger partial charge < -0.3 is 14.8 Å². The number of aryl methyl sites for hydroxylation is 1. The zero-order valence-electron chi connectivity index (χ0n) is 16.4. The average molecular weight is 389 g/mol. The monoisotopic (exact) mass is 389 g/mol. The normalized spacial score (nSPS) is 11.4. The van der Waals surface area contributed by atoms with E-state index in [4.69, 9.17) is 9.47 Å². The first-order chi connectivity index (χ1) is 14.0. The van der Waals surface area contributed by atoms with Gasteiger partial charge in [0.05, 0.1) is 0 Å². The lowest BCUT2D eigenvalue weighted by atomic mass is 10.1. The van der Waals surface area contributed by atoms with Gasteiger partial charge in [-0.3, -0.25) is 4.79 Å². The maximum Gasteiger partial charge on any atom is 0.344 e. The summed E-state index contributed by atoms with van der Waals surface area (Å²) in [5, 5.41) is 2.72. The SMILES string of the molecule is Cc1ccc(NC(=O)[C@@H](C)OC(=O)COc2ccccc2-c2ccccc2)cc1. The molecule has 1 atom stereocenters. The first-order valence-electron chi connectivity index (χ1n) is 9.37. The lowest BCUT2D eigenvalue weighted by molar-refractivity contribution is -0.155. The standard InChI is InChI=1S/C24H23NO4/c1-17-12-14-20(15-13-17)25-24(27)18(2)29-23(26)16-28-22-11-7-6-10-21(22)19-8-4-3-5-9-19/h3-15,18H,16H2,1-2H3,(H,25,27)/t18-/m1/s1. The van der Waals surface area contributed by atoms with Crippen molar-refractivity contribution in [1.29, 1.82) is 0 Å². The number of carbonyl (C=O) groups excluding carboxylic acids is 2. The van der Waals surface area contributed by atoms with Crippen molar-refractivity contribution in [2.45, 2.75) is 20.0 Å². The number of hydrogen-bond acceptors (Lipinski definition) is 4. The fraction of sp³-hybridized carbons (Fsp3) is 0.167. The average Bonchev–Trinajstić information content (AvgIpc) is 2.74. The molecule has 148 valence electrons. The van der Waals surface area contributed by atoms with Crippen LogP contribution >= 0.6 is 0 Å². The van der Waals surface area contributed by atoms with Crippen molar-refractivity contribution in [2.75, 3.05) is 11.9 Å². The molecule has 0 fully saturated rings. The summed E-state index contributed by atoms with van der Waals surface area (Å²) in [6.45, 7) is 3.21. The van der Waals surface area contributed by atoms with E-state index in [0.717, 1.165) is 16.7 Å². The molecule has 0 aliphatic carbocycles. The Balaban J connectivity index is 1.55. The first-order valence-corrected chi connectivity index (χ1v) is 9.37. The zero-order chi connectivity index (χ0) is 20.6. The molecule has 1 amide bonds. The highest BCUT2D eigenvalue weighted by Crippen LogP contribution is 2.29. The van der Waals surface area contributed by atoms with Crippen LogP contribution < -0.4 is 10.1 Å². The molecule has 29 heavy (non-hydrogen) atoms. The minimum absolute atomic E-state index is 0.286. The van der Waals surface area contributed by atoms with Gasteiger partial charge >= 0.3 is 5.97 Å². The van der Waals surface area contributed by atoms with Crippen molar-refractivity contribution in [3.63, 3.8) is 0 Å². The van der Waals surface area contributed by atoms with Gasteiger partial charge in [-0.2, -0.15) is 0 Å². The molecule has 3 aromatic rings. The Labute approximate surface area is 170 Å². The second kappa shape index (κ2) is 9.55. The van der Waals surface area contributed by atoms with Gasteiger partial charge in [-0.25, -0.2) is 4.79 Å². The maximum absolute atomic E-state index is 12.2. The minimum atomic E-state index is -0.934. The van der Waals surface area contributed by atoms with Crippen LogP contribution in [-0.4, -0.2) is 24.6 Å². The van der Waals surface area contributed by atoms with E-state index in [-0.39, 0.29) is 6.61 Å². The smallest absolute Gasteiger partial charge is 0.344 e. The minimum Gasteiger partial charge on any atom is -0.481 e. The third kappa shape index (κ3) is 5.69. The van der Waals surface area contributed by atoms with Crippen molar-refractivity contribution in [1.82, 2.24) is 0 Å². The highest BCUT2D eigenvalue weighted by atomic mass is 16.6. The predicted molar refractivity (Wildman–Crippen MR) is 113 cm³/mol. The highest BCUT2D eigenvalue weighted by Gasteiger charge is 2.18. The van der Waals surface area contributed by atoms with Gasteiger partial charge in [0.15, 0.2) is 12.7 Å². The summed E-state index contributed by atoms with van der Waals surface area (Å²) in [6.07, 6.45) is -0.934. The molecule has 0 bridgehead atoms. The lowest BCUT2D eigenvalue weighted by Gasteiger charge is -2.15. The molecule has 5 nitrogen and oxygen atoms in total. The summed E-state index contributed by atoms with van der Waals surface area (Å²) in [4.78, 5) is 24.4. The number of anilines is 1. The number of benzene rings is 3. The van der Waals surface area contributed by atoms with Gasteiger partial charge in [-0.15, -0.1) is 0 Å². The number of para-hydroxylation sites is 1. The van der Waals surface area contributed by atoms with E-state index in [9.17, 15) is 9.59 Å². The van der Waals surface area contributed by atoms with E-state index >= 15 is 0 Å². The number of nitrogens with one attached hydrogen (secondary N) is 1. The summed E-state index contributed by atoms with van der Waals surface area (Å²) >= 11 is 0. The second-order valence-corrected chi connectivity index (χ2v) is 6.64. The summed E-state index contributed by atoms with van der Waals surface area (Å²) in [6, 6.07) is 24.6. The Morgan fingerprint density at radius 2 is 1.55 bits per heavy atom. The van der Waals surface area contributed by atoms with Crippen molar-refractivity contribution in [2.24, 2.45) is 0 Å². The highest BCUT2D eigenvalue weighted by molar-refractivity contribution is 5.95. The summed E-state index contributed by atoms with van der Waals surface area (Å²) in [5.74, 6) is -0.432. The number of amides is 1. The van der Waals surface area contributed by atoms with E-state index < -0.39 is 18.0 Å². The molecule has 0 radical (unpaired) electrons. The predicted octanol–water partition coefficient (Wildman–Crippen LogP) is 4.61. The molecule has 1 N–H and O–H groups in total. The van der Waals surface area contributed by atoms with Gasteiger partial charge in [0.25, 0.3) is 5.91 Å². The van der Waals surface area contributed by atoms with Crippen LogP contribution in [0.25, 0.3) is 11.1 Å². The quantitative estimate of drug-likeness (QED) is 0.599. The van der Waals surface area contributed by atoms with Crippen LogP contribution in [-0.2, 0) is 14.3 Å². The number of rotatable bonds is 7. The van der Waals surface area contributed by atoms with Crippen LogP contribution in [0.4, 0.5) is 5.69 Å². The Kier molecular flexibility index (Phi) is 6.63. The molecule has 0 saturated carbocycles. The largest absolute Gasteiger partial charge is 0.481 e.